The number of aliphatic hydroxyl groups is 1. The summed E-state index contributed by atoms with van der Waals surface area (Å²) < 4.78 is 5.26. The Morgan fingerprint density at radius 1 is 1.43 bits per heavy atom. The SMILES string of the molecule is COc1ccccc1/C=C(/C=O)[C@@H](O)[C@@H]1N[C@H]1CC(C)C. The molecule has 2 N–H and O–H groups in total. The molecule has 0 unspecified atom stereocenters. The molecular formula is C17H23NO3. The largest absolute Gasteiger partial charge is 0.496 e. The van der Waals surface area contributed by atoms with Crippen LogP contribution in [0.2, 0.25) is 0 Å². The predicted octanol–water partition coefficient (Wildman–Crippen LogP) is 2.02. The molecule has 21 heavy (non-hydrogen) atoms. The number of methoxy groups -OCH3 is 1. The van der Waals surface area contributed by atoms with Crippen LogP contribution in [0.15, 0.2) is 29.8 Å². The highest BCUT2D eigenvalue weighted by molar-refractivity contribution is 5.84. The first-order valence-corrected chi connectivity index (χ1v) is 7.30. The zero-order valence-electron chi connectivity index (χ0n) is 12.7. The normalized spacial score (nSPS) is 23.0. The molecule has 0 bridgehead atoms. The van der Waals surface area contributed by atoms with Crippen LogP contribution in [0.4, 0.5) is 0 Å². The number of hydrogen-bond donors (Lipinski definition) is 2. The van der Waals surface area contributed by atoms with E-state index in [4.69, 9.17) is 4.74 Å². The van der Waals surface area contributed by atoms with E-state index in [0.29, 0.717) is 23.3 Å². The van der Waals surface area contributed by atoms with Crippen molar-refractivity contribution in [3.63, 3.8) is 0 Å². The van der Waals surface area contributed by atoms with Gasteiger partial charge in [0.05, 0.1) is 19.3 Å². The number of para-hydroxylation sites is 1. The Balaban J connectivity index is 2.12. The van der Waals surface area contributed by atoms with Crippen LogP contribution in [0.25, 0.3) is 6.08 Å². The molecule has 0 amide bonds. The standard InChI is InChI=1S/C17H23NO3/c1-11(2)8-14-16(18-14)17(20)13(10-19)9-12-6-4-5-7-15(12)21-3/h4-7,9-11,14,16-18,20H,8H2,1-3H3/b13-9-/t14-,16+,17+/m0/s1. The van der Waals surface area contributed by atoms with Crippen molar-refractivity contribution in [1.29, 1.82) is 0 Å². The first kappa shape index (κ1) is 15.7. The third-order valence-electron chi connectivity index (χ3n) is 3.74. The summed E-state index contributed by atoms with van der Waals surface area (Å²) in [4.78, 5) is 11.3. The van der Waals surface area contributed by atoms with E-state index >= 15 is 0 Å². The van der Waals surface area contributed by atoms with Crippen LogP contribution in [-0.4, -0.2) is 36.7 Å². The maximum Gasteiger partial charge on any atom is 0.148 e. The van der Waals surface area contributed by atoms with E-state index in [9.17, 15) is 9.90 Å². The highest BCUT2D eigenvalue weighted by Gasteiger charge is 2.42. The van der Waals surface area contributed by atoms with Gasteiger partial charge < -0.3 is 15.2 Å². The number of carbonyl (C=O) groups excluding carboxylic acids is 1. The Hall–Kier alpha value is -1.65. The first-order chi connectivity index (χ1) is 10.1. The molecule has 1 aliphatic rings. The van der Waals surface area contributed by atoms with E-state index < -0.39 is 6.10 Å². The molecule has 1 aromatic carbocycles. The van der Waals surface area contributed by atoms with Crippen LogP contribution in [0.3, 0.4) is 0 Å². The summed E-state index contributed by atoms with van der Waals surface area (Å²) in [6.07, 6.45) is 2.64. The van der Waals surface area contributed by atoms with Crippen LogP contribution in [0.5, 0.6) is 5.75 Å². The zero-order chi connectivity index (χ0) is 15.4. The van der Waals surface area contributed by atoms with Gasteiger partial charge in [-0.25, -0.2) is 0 Å². The minimum absolute atomic E-state index is 0.0291. The fourth-order valence-electron chi connectivity index (χ4n) is 2.59. The van der Waals surface area contributed by atoms with Crippen molar-refractivity contribution in [3.8, 4) is 5.75 Å². The molecule has 0 aromatic heterocycles. The van der Waals surface area contributed by atoms with E-state index in [1.165, 1.54) is 0 Å². The maximum atomic E-state index is 11.3. The number of ether oxygens (including phenoxy) is 1. The van der Waals surface area contributed by atoms with E-state index in [0.717, 1.165) is 18.3 Å². The molecule has 0 aliphatic carbocycles. The van der Waals surface area contributed by atoms with E-state index in [2.05, 4.69) is 19.2 Å². The van der Waals surface area contributed by atoms with Crippen molar-refractivity contribution < 1.29 is 14.6 Å². The molecule has 0 spiro atoms. The van der Waals surface area contributed by atoms with Crippen molar-refractivity contribution in [2.75, 3.05) is 7.11 Å². The molecule has 3 atom stereocenters. The summed E-state index contributed by atoms with van der Waals surface area (Å²) in [5.41, 5.74) is 1.17. The molecule has 114 valence electrons. The Labute approximate surface area is 125 Å². The minimum Gasteiger partial charge on any atom is -0.496 e. The molecule has 1 heterocycles. The second-order valence-electron chi connectivity index (χ2n) is 5.88. The summed E-state index contributed by atoms with van der Waals surface area (Å²) in [6.45, 7) is 4.30. The van der Waals surface area contributed by atoms with Gasteiger partial charge in [0, 0.05) is 17.2 Å². The van der Waals surface area contributed by atoms with Gasteiger partial charge in [-0.2, -0.15) is 0 Å². The highest BCUT2D eigenvalue weighted by Crippen LogP contribution is 2.27. The van der Waals surface area contributed by atoms with Gasteiger partial charge in [-0.15, -0.1) is 0 Å². The van der Waals surface area contributed by atoms with Gasteiger partial charge in [-0.1, -0.05) is 32.0 Å². The Morgan fingerprint density at radius 3 is 2.76 bits per heavy atom. The van der Waals surface area contributed by atoms with Gasteiger partial charge in [0.25, 0.3) is 0 Å². The van der Waals surface area contributed by atoms with Crippen LogP contribution in [-0.2, 0) is 4.79 Å². The fraction of sp³-hybridized carbons (Fsp3) is 0.471. The molecule has 1 aromatic rings. The van der Waals surface area contributed by atoms with E-state index in [1.54, 1.807) is 13.2 Å². The topological polar surface area (TPSA) is 68.5 Å². The summed E-state index contributed by atoms with van der Waals surface area (Å²) in [5, 5.41) is 13.6. The first-order valence-electron chi connectivity index (χ1n) is 7.30. The van der Waals surface area contributed by atoms with Crippen LogP contribution >= 0.6 is 0 Å². The lowest BCUT2D eigenvalue weighted by atomic mass is 9.99. The monoisotopic (exact) mass is 289 g/mol. The average Bonchev–Trinajstić information content (AvgIpc) is 3.22. The maximum absolute atomic E-state index is 11.3. The number of benzene rings is 1. The number of rotatable bonds is 7. The minimum atomic E-state index is -0.781. The third-order valence-corrected chi connectivity index (χ3v) is 3.74. The van der Waals surface area contributed by atoms with Crippen molar-refractivity contribution >= 4 is 12.4 Å². The van der Waals surface area contributed by atoms with Crippen molar-refractivity contribution in [1.82, 2.24) is 5.32 Å². The van der Waals surface area contributed by atoms with Crippen LogP contribution in [0.1, 0.15) is 25.8 Å². The summed E-state index contributed by atoms with van der Waals surface area (Å²) in [6, 6.07) is 7.70. The number of hydrogen-bond acceptors (Lipinski definition) is 4. The Kier molecular flexibility index (Phi) is 5.15. The Bertz CT molecular complexity index is 525. The number of nitrogens with one attached hydrogen (secondary N) is 1. The third kappa shape index (κ3) is 3.93. The smallest absolute Gasteiger partial charge is 0.148 e. The lowest BCUT2D eigenvalue weighted by Crippen LogP contribution is -2.22. The lowest BCUT2D eigenvalue weighted by molar-refractivity contribution is -0.105. The van der Waals surface area contributed by atoms with Crippen molar-refractivity contribution in [2.45, 2.75) is 38.5 Å². The van der Waals surface area contributed by atoms with Crippen LogP contribution < -0.4 is 10.1 Å². The van der Waals surface area contributed by atoms with Crippen molar-refractivity contribution in [3.05, 3.63) is 35.4 Å². The van der Waals surface area contributed by atoms with E-state index in [-0.39, 0.29) is 6.04 Å². The number of aliphatic hydroxyl groups excluding tert-OH is 1. The molecule has 1 aliphatic heterocycles. The van der Waals surface area contributed by atoms with Gasteiger partial charge in [-0.05, 0) is 24.5 Å². The fourth-order valence-corrected chi connectivity index (χ4v) is 2.59. The zero-order valence-corrected chi connectivity index (χ0v) is 12.7. The average molecular weight is 289 g/mol. The highest BCUT2D eigenvalue weighted by atomic mass is 16.5. The Morgan fingerprint density at radius 2 is 2.14 bits per heavy atom. The van der Waals surface area contributed by atoms with Crippen molar-refractivity contribution in [2.24, 2.45) is 5.92 Å². The molecule has 4 heteroatoms. The van der Waals surface area contributed by atoms with Crippen LogP contribution in [0, 0.1) is 5.92 Å². The quantitative estimate of drug-likeness (QED) is 0.458. The molecule has 1 saturated heterocycles. The van der Waals surface area contributed by atoms with Gasteiger partial charge in [0.15, 0.2) is 0 Å². The molecule has 4 nitrogen and oxygen atoms in total. The van der Waals surface area contributed by atoms with E-state index in [1.807, 2.05) is 24.3 Å². The number of aldehydes is 1. The summed E-state index contributed by atoms with van der Waals surface area (Å²) in [7, 11) is 1.59. The molecule has 0 saturated carbocycles. The molecule has 2 rings (SSSR count). The van der Waals surface area contributed by atoms with Gasteiger partial charge >= 0.3 is 0 Å². The van der Waals surface area contributed by atoms with Gasteiger partial charge in [0.2, 0.25) is 0 Å². The lowest BCUT2D eigenvalue weighted by Gasteiger charge is -2.11. The summed E-state index contributed by atoms with van der Waals surface area (Å²) in [5.74, 6) is 1.25. The second-order valence-corrected chi connectivity index (χ2v) is 5.88. The molecular weight excluding hydrogens is 266 g/mol. The number of carbonyl (C=O) groups is 1. The summed E-state index contributed by atoms with van der Waals surface area (Å²) >= 11 is 0. The molecule has 1 fully saturated rings. The second kappa shape index (κ2) is 6.87. The molecule has 0 radical (unpaired) electrons. The van der Waals surface area contributed by atoms with Gasteiger partial charge in [-0.3, -0.25) is 4.79 Å². The van der Waals surface area contributed by atoms with Gasteiger partial charge in [0.1, 0.15) is 12.0 Å². The predicted molar refractivity (Wildman–Crippen MR) is 83.2 cm³/mol.